The standard InChI is InChI=1S/C11H8Br2FN3/c12-7-3-9(13)10(16-4-7)6-15-8-1-2-11(14)17-5-8/h1-5,15H,6H2. The van der Waals surface area contributed by atoms with E-state index in [1.807, 2.05) is 6.07 Å². The first kappa shape index (κ1) is 12.4. The highest BCUT2D eigenvalue weighted by molar-refractivity contribution is 9.11. The molecule has 0 amide bonds. The number of hydrogen-bond acceptors (Lipinski definition) is 3. The van der Waals surface area contributed by atoms with Gasteiger partial charge in [0.25, 0.3) is 0 Å². The third-order valence-electron chi connectivity index (χ3n) is 2.07. The molecule has 2 aromatic heterocycles. The van der Waals surface area contributed by atoms with Crippen LogP contribution in [0.3, 0.4) is 0 Å². The van der Waals surface area contributed by atoms with E-state index >= 15 is 0 Å². The van der Waals surface area contributed by atoms with Crippen LogP contribution in [0.5, 0.6) is 0 Å². The highest BCUT2D eigenvalue weighted by Gasteiger charge is 2.02. The molecule has 0 unspecified atom stereocenters. The van der Waals surface area contributed by atoms with E-state index in [9.17, 15) is 4.39 Å². The predicted octanol–water partition coefficient (Wildman–Crippen LogP) is 3.75. The van der Waals surface area contributed by atoms with Crippen LogP contribution in [0.15, 0.2) is 39.5 Å². The number of nitrogens with zero attached hydrogens (tertiary/aromatic N) is 2. The minimum atomic E-state index is -0.488. The van der Waals surface area contributed by atoms with E-state index in [0.29, 0.717) is 6.54 Å². The van der Waals surface area contributed by atoms with Crippen molar-refractivity contribution < 1.29 is 4.39 Å². The first-order valence-electron chi connectivity index (χ1n) is 4.80. The van der Waals surface area contributed by atoms with Crippen molar-refractivity contribution >= 4 is 37.5 Å². The maximum absolute atomic E-state index is 12.6. The van der Waals surface area contributed by atoms with Crippen LogP contribution in [0.2, 0.25) is 0 Å². The number of nitrogens with one attached hydrogen (secondary N) is 1. The molecule has 0 atom stereocenters. The topological polar surface area (TPSA) is 37.8 Å². The van der Waals surface area contributed by atoms with Crippen molar-refractivity contribution in [2.45, 2.75) is 6.54 Å². The summed E-state index contributed by atoms with van der Waals surface area (Å²) in [6, 6.07) is 4.87. The highest BCUT2D eigenvalue weighted by atomic mass is 79.9. The van der Waals surface area contributed by atoms with Crippen LogP contribution < -0.4 is 5.32 Å². The second-order valence-electron chi connectivity index (χ2n) is 3.31. The van der Waals surface area contributed by atoms with Crippen molar-refractivity contribution in [1.82, 2.24) is 9.97 Å². The molecule has 0 saturated carbocycles. The Labute approximate surface area is 115 Å². The van der Waals surface area contributed by atoms with Crippen LogP contribution in [0, 0.1) is 5.95 Å². The fourth-order valence-corrected chi connectivity index (χ4v) is 2.37. The average molecular weight is 361 g/mol. The summed E-state index contributed by atoms with van der Waals surface area (Å²) >= 11 is 6.76. The van der Waals surface area contributed by atoms with Crippen molar-refractivity contribution in [2.75, 3.05) is 5.32 Å². The predicted molar refractivity (Wildman–Crippen MR) is 71.2 cm³/mol. The van der Waals surface area contributed by atoms with E-state index in [-0.39, 0.29) is 0 Å². The molecule has 0 fully saturated rings. The van der Waals surface area contributed by atoms with Gasteiger partial charge in [0.05, 0.1) is 24.1 Å². The van der Waals surface area contributed by atoms with Crippen LogP contribution in [0.4, 0.5) is 10.1 Å². The van der Waals surface area contributed by atoms with Crippen LogP contribution in [0.25, 0.3) is 0 Å². The molecule has 2 aromatic rings. The van der Waals surface area contributed by atoms with Gasteiger partial charge >= 0.3 is 0 Å². The van der Waals surface area contributed by atoms with Crippen LogP contribution >= 0.6 is 31.9 Å². The fourth-order valence-electron chi connectivity index (χ4n) is 1.24. The molecule has 0 aliphatic heterocycles. The van der Waals surface area contributed by atoms with Crippen molar-refractivity contribution in [3.05, 3.63) is 51.2 Å². The lowest BCUT2D eigenvalue weighted by atomic mass is 10.3. The van der Waals surface area contributed by atoms with Gasteiger partial charge in [0.1, 0.15) is 0 Å². The summed E-state index contributed by atoms with van der Waals surface area (Å²) in [5.74, 6) is -0.488. The van der Waals surface area contributed by atoms with E-state index in [4.69, 9.17) is 0 Å². The second-order valence-corrected chi connectivity index (χ2v) is 5.08. The molecule has 0 aliphatic rings. The molecule has 0 radical (unpaired) electrons. The molecule has 0 spiro atoms. The summed E-state index contributed by atoms with van der Waals surface area (Å²) in [5, 5.41) is 3.11. The lowest BCUT2D eigenvalue weighted by molar-refractivity contribution is 0.584. The van der Waals surface area contributed by atoms with E-state index in [1.165, 1.54) is 12.3 Å². The number of pyridine rings is 2. The van der Waals surface area contributed by atoms with Gasteiger partial charge in [0, 0.05) is 15.1 Å². The lowest BCUT2D eigenvalue weighted by Crippen LogP contribution is -2.03. The van der Waals surface area contributed by atoms with Gasteiger partial charge in [0.2, 0.25) is 5.95 Å². The number of aromatic nitrogens is 2. The molecule has 88 valence electrons. The van der Waals surface area contributed by atoms with E-state index in [2.05, 4.69) is 47.1 Å². The first-order chi connectivity index (χ1) is 8.15. The van der Waals surface area contributed by atoms with Crippen LogP contribution in [-0.4, -0.2) is 9.97 Å². The molecular weight excluding hydrogens is 353 g/mol. The largest absolute Gasteiger partial charge is 0.378 e. The van der Waals surface area contributed by atoms with E-state index in [1.54, 1.807) is 12.3 Å². The zero-order valence-electron chi connectivity index (χ0n) is 8.62. The van der Waals surface area contributed by atoms with Crippen molar-refractivity contribution in [3.63, 3.8) is 0 Å². The van der Waals surface area contributed by atoms with E-state index < -0.39 is 5.95 Å². The maximum atomic E-state index is 12.6. The number of halogens is 3. The molecule has 0 aromatic carbocycles. The van der Waals surface area contributed by atoms with Crippen molar-refractivity contribution in [3.8, 4) is 0 Å². The number of rotatable bonds is 3. The van der Waals surface area contributed by atoms with Gasteiger partial charge in [-0.25, -0.2) is 4.98 Å². The van der Waals surface area contributed by atoms with Gasteiger partial charge in [-0.05, 0) is 50.1 Å². The van der Waals surface area contributed by atoms with Gasteiger partial charge in [-0.3, -0.25) is 4.98 Å². The van der Waals surface area contributed by atoms with Crippen molar-refractivity contribution in [2.24, 2.45) is 0 Å². The molecule has 0 saturated heterocycles. The Morgan fingerprint density at radius 3 is 2.65 bits per heavy atom. The Bertz CT molecular complexity index is 517. The van der Waals surface area contributed by atoms with Crippen LogP contribution in [-0.2, 0) is 6.54 Å². The summed E-state index contributed by atoms with van der Waals surface area (Å²) in [6.45, 7) is 0.543. The molecule has 17 heavy (non-hydrogen) atoms. The van der Waals surface area contributed by atoms with Crippen LogP contribution in [0.1, 0.15) is 5.69 Å². The summed E-state index contributed by atoms with van der Waals surface area (Å²) in [7, 11) is 0. The smallest absolute Gasteiger partial charge is 0.212 e. The molecule has 3 nitrogen and oxygen atoms in total. The Morgan fingerprint density at radius 1 is 1.18 bits per heavy atom. The molecule has 2 rings (SSSR count). The van der Waals surface area contributed by atoms with Crippen molar-refractivity contribution in [1.29, 1.82) is 0 Å². The Morgan fingerprint density at radius 2 is 2.00 bits per heavy atom. The quantitative estimate of drug-likeness (QED) is 0.847. The SMILES string of the molecule is Fc1ccc(NCc2ncc(Br)cc2Br)cn1. The van der Waals surface area contributed by atoms with Gasteiger partial charge in [-0.1, -0.05) is 0 Å². The minimum Gasteiger partial charge on any atom is -0.378 e. The molecule has 6 heteroatoms. The zero-order chi connectivity index (χ0) is 12.3. The summed E-state index contributed by atoms with van der Waals surface area (Å²) in [4.78, 5) is 7.82. The number of hydrogen-bond donors (Lipinski definition) is 1. The molecule has 0 bridgehead atoms. The third kappa shape index (κ3) is 3.47. The van der Waals surface area contributed by atoms with Gasteiger partial charge in [0.15, 0.2) is 0 Å². The molecule has 1 N–H and O–H groups in total. The summed E-state index contributed by atoms with van der Waals surface area (Å²) in [6.07, 6.45) is 3.17. The Hall–Kier alpha value is -1.01. The Balaban J connectivity index is 2.04. The maximum Gasteiger partial charge on any atom is 0.212 e. The monoisotopic (exact) mass is 359 g/mol. The first-order valence-corrected chi connectivity index (χ1v) is 6.39. The van der Waals surface area contributed by atoms with E-state index in [0.717, 1.165) is 20.3 Å². The minimum absolute atomic E-state index is 0.488. The van der Waals surface area contributed by atoms with Gasteiger partial charge in [-0.2, -0.15) is 4.39 Å². The third-order valence-corrected chi connectivity index (χ3v) is 3.19. The summed E-state index contributed by atoms with van der Waals surface area (Å²) < 4.78 is 14.4. The van der Waals surface area contributed by atoms with Gasteiger partial charge in [-0.15, -0.1) is 0 Å². The normalized spacial score (nSPS) is 10.3. The second kappa shape index (κ2) is 5.55. The fraction of sp³-hybridized carbons (Fsp3) is 0.0909. The molecule has 2 heterocycles. The Kier molecular flexibility index (Phi) is 4.06. The van der Waals surface area contributed by atoms with Gasteiger partial charge < -0.3 is 5.32 Å². The molecular formula is C11H8Br2FN3. The average Bonchev–Trinajstić information content (AvgIpc) is 2.30. The molecule has 0 aliphatic carbocycles. The lowest BCUT2D eigenvalue weighted by Gasteiger charge is -2.07. The zero-order valence-corrected chi connectivity index (χ0v) is 11.8. The summed E-state index contributed by atoms with van der Waals surface area (Å²) in [5.41, 5.74) is 1.63. The highest BCUT2D eigenvalue weighted by Crippen LogP contribution is 2.20. The number of anilines is 1.